The van der Waals surface area contributed by atoms with Crippen molar-refractivity contribution in [2.75, 3.05) is 39.6 Å². The van der Waals surface area contributed by atoms with Crippen LogP contribution >= 0.6 is 15.6 Å². The predicted molar refractivity (Wildman–Crippen MR) is 426 cm³/mol. The Kier molecular flexibility index (Phi) is 71.6. The normalized spacial score (nSPS) is 14.8. The molecule has 19 heteroatoms. The van der Waals surface area contributed by atoms with Crippen LogP contribution in [0.1, 0.15) is 285 Å². The van der Waals surface area contributed by atoms with E-state index in [4.69, 9.17) is 37.0 Å². The standard InChI is InChI=1S/C85H138O17P2/c1-5-9-13-17-21-25-29-33-36-38-39-41-43-47-50-54-58-62-66-70-83(88)96-76-81(102-85(90)72-68-64-60-56-52-48-44-40-37-34-30-26-22-18-14-10-6-2)78-100-104(93,94)98-74-79(86)73-97-103(91,92)99-77-80(101-84(89)71-67-63-59-55-51-45-32-28-24-20-16-12-8-4)75-95-82(87)69-65-61-57-53-49-46-42-35-31-27-23-19-15-11-7-3/h9-11,13-15,21-23,25-27,33-37,39,41-42,44,47-48,50,56,58,60,62,79-81,86H,5-8,12,16-20,24,28-32,38,40,43,45-46,49,51-55,57,59,61,63-78H2,1-4H3,(H,91,92)(H,93,94)/b13-9-,14-10-,15-11-,25-21-,26-22-,27-23-,36-33-,37-34-,41-39-,42-35-,48-44-,50-47-,60-56-,62-58-. The number of hydrogen-bond donors (Lipinski definition) is 3. The van der Waals surface area contributed by atoms with Crippen LogP contribution in [0.4, 0.5) is 0 Å². The van der Waals surface area contributed by atoms with E-state index in [1.807, 2.05) is 30.4 Å². The number of aliphatic hydroxyl groups is 1. The lowest BCUT2D eigenvalue weighted by molar-refractivity contribution is -0.161. The molecule has 0 aromatic rings. The molecule has 0 aromatic carbocycles. The second kappa shape index (κ2) is 75.6. The fourth-order valence-electron chi connectivity index (χ4n) is 9.82. The average Bonchev–Trinajstić information content (AvgIpc) is 0.911. The van der Waals surface area contributed by atoms with E-state index in [2.05, 4.69) is 167 Å². The first-order valence-electron chi connectivity index (χ1n) is 39.4. The number of esters is 4. The molecule has 0 amide bonds. The average molecular weight is 1490 g/mol. The van der Waals surface area contributed by atoms with Crippen LogP contribution in [0.5, 0.6) is 0 Å². The Labute approximate surface area is 629 Å². The first-order chi connectivity index (χ1) is 50.7. The van der Waals surface area contributed by atoms with Gasteiger partial charge in [-0.1, -0.05) is 294 Å². The second-order valence-electron chi connectivity index (χ2n) is 25.5. The molecule has 0 aliphatic rings. The number of aliphatic hydroxyl groups excluding tert-OH is 1. The quantitative estimate of drug-likeness (QED) is 0.0169. The lowest BCUT2D eigenvalue weighted by Gasteiger charge is -2.21. The molecular formula is C85H138O17P2. The molecule has 0 aromatic heterocycles. The Morgan fingerprint density at radius 3 is 0.865 bits per heavy atom. The second-order valence-corrected chi connectivity index (χ2v) is 28.4. The number of ether oxygens (including phenoxy) is 4. The van der Waals surface area contributed by atoms with Gasteiger partial charge in [-0.05, 0) is 135 Å². The van der Waals surface area contributed by atoms with Crippen molar-refractivity contribution in [1.29, 1.82) is 0 Å². The summed E-state index contributed by atoms with van der Waals surface area (Å²) < 4.78 is 68.4. The summed E-state index contributed by atoms with van der Waals surface area (Å²) in [6.07, 6.45) is 89.3. The van der Waals surface area contributed by atoms with Crippen LogP contribution in [-0.4, -0.2) is 96.7 Å². The number of allylic oxidation sites excluding steroid dienone is 28. The van der Waals surface area contributed by atoms with Crippen molar-refractivity contribution in [3.05, 3.63) is 170 Å². The topological polar surface area (TPSA) is 237 Å². The molecule has 0 fully saturated rings. The van der Waals surface area contributed by atoms with Gasteiger partial charge in [0.2, 0.25) is 0 Å². The zero-order valence-electron chi connectivity index (χ0n) is 64.4. The number of carbonyl (C=O) groups is 4. The predicted octanol–water partition coefficient (Wildman–Crippen LogP) is 23.0. The first-order valence-corrected chi connectivity index (χ1v) is 42.4. The molecule has 5 unspecified atom stereocenters. The molecule has 0 heterocycles. The largest absolute Gasteiger partial charge is 0.472 e. The van der Waals surface area contributed by atoms with Gasteiger partial charge in [-0.3, -0.25) is 37.3 Å². The van der Waals surface area contributed by atoms with E-state index in [9.17, 15) is 43.2 Å². The Hall–Kier alpha value is -5.58. The molecule has 0 radical (unpaired) electrons. The summed E-state index contributed by atoms with van der Waals surface area (Å²) in [7, 11) is -10.0. The Morgan fingerprint density at radius 2 is 0.529 bits per heavy atom. The summed E-state index contributed by atoms with van der Waals surface area (Å²) >= 11 is 0. The van der Waals surface area contributed by atoms with E-state index in [1.54, 1.807) is 0 Å². The van der Waals surface area contributed by atoms with Crippen LogP contribution in [0.2, 0.25) is 0 Å². The fourth-order valence-corrected chi connectivity index (χ4v) is 11.4. The molecule has 0 aliphatic carbocycles. The molecule has 590 valence electrons. The number of unbranched alkanes of at least 4 members (excludes halogenated alkanes) is 18. The van der Waals surface area contributed by atoms with Gasteiger partial charge in [0.15, 0.2) is 12.2 Å². The van der Waals surface area contributed by atoms with Gasteiger partial charge in [-0.2, -0.15) is 0 Å². The molecule has 17 nitrogen and oxygen atoms in total. The van der Waals surface area contributed by atoms with E-state index in [0.717, 1.165) is 141 Å². The molecule has 0 saturated heterocycles. The van der Waals surface area contributed by atoms with Crippen LogP contribution in [0.25, 0.3) is 0 Å². The minimum absolute atomic E-state index is 0.00552. The summed E-state index contributed by atoms with van der Waals surface area (Å²) in [4.78, 5) is 72.9. The molecule has 0 saturated carbocycles. The SMILES string of the molecule is CC/C=C\C/C=C\C/C=C\C/C=C\C/C=C\C/C=C\CCC(=O)OCC(COP(=O)(O)OCC(O)COP(=O)(O)OCC(COC(=O)CCCCCCC/C=C\C/C=C\C/C=C\CC)OC(=O)CCCCCCCCCCCCCCC)OC(=O)CCC/C=C\C/C=C\C/C=C\C/C=C\C/C=C\CC. The molecule has 0 bridgehead atoms. The molecule has 104 heavy (non-hydrogen) atoms. The summed E-state index contributed by atoms with van der Waals surface area (Å²) in [5.74, 6) is -2.37. The minimum atomic E-state index is -5.02. The van der Waals surface area contributed by atoms with Gasteiger partial charge < -0.3 is 33.8 Å². The summed E-state index contributed by atoms with van der Waals surface area (Å²) in [6.45, 7) is 4.35. The highest BCUT2D eigenvalue weighted by atomic mass is 31.2. The van der Waals surface area contributed by atoms with E-state index >= 15 is 0 Å². The summed E-state index contributed by atoms with van der Waals surface area (Å²) in [5.41, 5.74) is 0. The third kappa shape index (κ3) is 74.7. The van der Waals surface area contributed by atoms with E-state index in [0.29, 0.717) is 38.5 Å². The number of rotatable bonds is 72. The molecule has 0 aliphatic heterocycles. The van der Waals surface area contributed by atoms with Crippen molar-refractivity contribution in [3.63, 3.8) is 0 Å². The van der Waals surface area contributed by atoms with Crippen LogP contribution in [0.3, 0.4) is 0 Å². The summed E-state index contributed by atoms with van der Waals surface area (Å²) in [6, 6.07) is 0. The van der Waals surface area contributed by atoms with Crippen LogP contribution in [0, 0.1) is 0 Å². The van der Waals surface area contributed by atoms with Crippen molar-refractivity contribution in [2.45, 2.75) is 303 Å². The van der Waals surface area contributed by atoms with Crippen molar-refractivity contribution in [3.8, 4) is 0 Å². The van der Waals surface area contributed by atoms with Crippen LogP contribution in [-0.2, 0) is 65.4 Å². The van der Waals surface area contributed by atoms with Gasteiger partial charge >= 0.3 is 39.5 Å². The van der Waals surface area contributed by atoms with Gasteiger partial charge in [0.1, 0.15) is 19.3 Å². The van der Waals surface area contributed by atoms with Gasteiger partial charge in [0, 0.05) is 25.7 Å². The Balaban J connectivity index is 5.50. The lowest BCUT2D eigenvalue weighted by atomic mass is 10.0. The molecular weight excluding hydrogens is 1350 g/mol. The Morgan fingerprint density at radius 1 is 0.279 bits per heavy atom. The number of phosphoric acid groups is 2. The summed E-state index contributed by atoms with van der Waals surface area (Å²) in [5, 5.41) is 10.6. The monoisotopic (exact) mass is 1490 g/mol. The maximum absolute atomic E-state index is 13.1. The highest BCUT2D eigenvalue weighted by Crippen LogP contribution is 2.45. The van der Waals surface area contributed by atoms with E-state index < -0.39 is 97.5 Å². The van der Waals surface area contributed by atoms with E-state index in [-0.39, 0.29) is 25.7 Å². The van der Waals surface area contributed by atoms with Crippen molar-refractivity contribution < 1.29 is 80.2 Å². The van der Waals surface area contributed by atoms with Gasteiger partial charge in [0.05, 0.1) is 26.4 Å². The first kappa shape index (κ1) is 98.4. The number of phosphoric ester groups is 2. The number of carbonyl (C=O) groups excluding carboxylic acids is 4. The lowest BCUT2D eigenvalue weighted by Crippen LogP contribution is -2.30. The van der Waals surface area contributed by atoms with Crippen molar-refractivity contribution in [2.24, 2.45) is 0 Å². The van der Waals surface area contributed by atoms with Gasteiger partial charge in [-0.15, -0.1) is 0 Å². The fraction of sp³-hybridized carbons (Fsp3) is 0.624. The Bertz CT molecular complexity index is 2640. The van der Waals surface area contributed by atoms with Crippen LogP contribution in [0.15, 0.2) is 170 Å². The van der Waals surface area contributed by atoms with Crippen LogP contribution < -0.4 is 0 Å². The molecule has 0 rings (SSSR count). The maximum atomic E-state index is 13.1. The van der Waals surface area contributed by atoms with E-state index in [1.165, 1.54) is 51.4 Å². The third-order valence-electron chi connectivity index (χ3n) is 15.7. The smallest absolute Gasteiger partial charge is 0.462 e. The zero-order chi connectivity index (χ0) is 76.0. The van der Waals surface area contributed by atoms with Gasteiger partial charge in [0.25, 0.3) is 0 Å². The van der Waals surface area contributed by atoms with Crippen molar-refractivity contribution >= 4 is 39.5 Å². The highest BCUT2D eigenvalue weighted by molar-refractivity contribution is 7.47. The highest BCUT2D eigenvalue weighted by Gasteiger charge is 2.30. The maximum Gasteiger partial charge on any atom is 0.472 e. The van der Waals surface area contributed by atoms with Crippen molar-refractivity contribution in [1.82, 2.24) is 0 Å². The minimum Gasteiger partial charge on any atom is -0.462 e. The molecule has 3 N–H and O–H groups in total. The third-order valence-corrected chi connectivity index (χ3v) is 17.6. The number of hydrogen-bond acceptors (Lipinski definition) is 15. The molecule has 0 spiro atoms. The van der Waals surface area contributed by atoms with Gasteiger partial charge in [-0.25, -0.2) is 9.13 Å². The zero-order valence-corrected chi connectivity index (χ0v) is 66.2. The molecule has 5 atom stereocenters.